The van der Waals surface area contributed by atoms with Crippen molar-refractivity contribution in [3.63, 3.8) is 0 Å². The average Bonchev–Trinajstić information content (AvgIpc) is 2.51. The summed E-state index contributed by atoms with van der Waals surface area (Å²) in [4.78, 5) is 23.9. The Labute approximate surface area is 126 Å². The molecule has 1 aromatic carbocycles. The number of benzene rings is 1. The van der Waals surface area contributed by atoms with Crippen LogP contribution in [0.25, 0.3) is 0 Å². The number of amides is 2. The molecule has 0 saturated carbocycles. The molecule has 0 aliphatic rings. The van der Waals surface area contributed by atoms with Crippen molar-refractivity contribution in [2.45, 2.75) is 26.8 Å². The maximum atomic E-state index is 12.2. The normalized spacial score (nSPS) is 14.1. The third-order valence-corrected chi connectivity index (χ3v) is 3.68. The van der Waals surface area contributed by atoms with Gasteiger partial charge < -0.3 is 16.4 Å². The van der Waals surface area contributed by atoms with Crippen LogP contribution >= 0.6 is 0 Å². The van der Waals surface area contributed by atoms with E-state index in [1.807, 2.05) is 30.3 Å². The maximum Gasteiger partial charge on any atom is 0.227 e. The number of rotatable bonds is 6. The minimum absolute atomic E-state index is 0.109. The van der Waals surface area contributed by atoms with E-state index in [9.17, 15) is 9.59 Å². The number of nitrogens with two attached hydrogens (primary N) is 1. The van der Waals surface area contributed by atoms with Crippen molar-refractivity contribution in [3.05, 3.63) is 35.9 Å². The third-order valence-electron chi connectivity index (χ3n) is 3.68. The molecule has 0 aliphatic carbocycles. The van der Waals surface area contributed by atoms with Gasteiger partial charge in [-0.25, -0.2) is 0 Å². The van der Waals surface area contributed by atoms with Gasteiger partial charge in [0, 0.05) is 19.6 Å². The van der Waals surface area contributed by atoms with Gasteiger partial charge in [-0.3, -0.25) is 9.59 Å². The van der Waals surface area contributed by atoms with Crippen LogP contribution in [0.3, 0.4) is 0 Å². The van der Waals surface area contributed by atoms with E-state index in [1.165, 1.54) is 0 Å². The van der Waals surface area contributed by atoms with E-state index < -0.39 is 5.41 Å². The molecule has 0 fully saturated rings. The Morgan fingerprint density at radius 2 is 1.81 bits per heavy atom. The summed E-state index contributed by atoms with van der Waals surface area (Å²) in [6.45, 7) is 5.64. The Kier molecular flexibility index (Phi) is 5.90. The topological polar surface area (TPSA) is 84.2 Å². The molecule has 1 rings (SSSR count). The van der Waals surface area contributed by atoms with Gasteiger partial charge in [-0.2, -0.15) is 0 Å². The van der Waals surface area contributed by atoms with Gasteiger partial charge in [0.1, 0.15) is 0 Å². The first-order chi connectivity index (χ1) is 9.79. The van der Waals surface area contributed by atoms with Gasteiger partial charge in [0.25, 0.3) is 0 Å². The summed E-state index contributed by atoms with van der Waals surface area (Å²) in [5.41, 5.74) is 6.39. The molecule has 116 valence electrons. The summed E-state index contributed by atoms with van der Waals surface area (Å²) >= 11 is 0. The van der Waals surface area contributed by atoms with Crippen molar-refractivity contribution in [1.82, 2.24) is 10.6 Å². The minimum Gasteiger partial charge on any atom is -0.359 e. The summed E-state index contributed by atoms with van der Waals surface area (Å²) in [5, 5.41) is 5.40. The SMILES string of the molecule is CNC(=O)C(C)(C)CNC(=O)C(C)C(N)c1ccccc1. The Morgan fingerprint density at radius 3 is 2.33 bits per heavy atom. The van der Waals surface area contributed by atoms with Gasteiger partial charge in [0.05, 0.1) is 11.3 Å². The van der Waals surface area contributed by atoms with Crippen LogP contribution in [-0.4, -0.2) is 25.4 Å². The van der Waals surface area contributed by atoms with Crippen LogP contribution in [0.2, 0.25) is 0 Å². The predicted molar refractivity (Wildman–Crippen MR) is 83.4 cm³/mol. The largest absolute Gasteiger partial charge is 0.359 e. The van der Waals surface area contributed by atoms with E-state index in [-0.39, 0.29) is 30.3 Å². The summed E-state index contributed by atoms with van der Waals surface area (Å²) in [7, 11) is 1.58. The average molecular weight is 291 g/mol. The predicted octanol–water partition coefficient (Wildman–Crippen LogP) is 1.21. The van der Waals surface area contributed by atoms with Crippen LogP contribution in [-0.2, 0) is 9.59 Å². The fourth-order valence-electron chi connectivity index (χ4n) is 2.01. The fourth-order valence-corrected chi connectivity index (χ4v) is 2.01. The monoisotopic (exact) mass is 291 g/mol. The van der Waals surface area contributed by atoms with Crippen LogP contribution < -0.4 is 16.4 Å². The lowest BCUT2D eigenvalue weighted by Gasteiger charge is -2.25. The molecule has 0 heterocycles. The van der Waals surface area contributed by atoms with Gasteiger partial charge in [-0.15, -0.1) is 0 Å². The van der Waals surface area contributed by atoms with Crippen molar-refractivity contribution in [2.75, 3.05) is 13.6 Å². The first-order valence-electron chi connectivity index (χ1n) is 7.10. The van der Waals surface area contributed by atoms with Gasteiger partial charge >= 0.3 is 0 Å². The second kappa shape index (κ2) is 7.22. The van der Waals surface area contributed by atoms with E-state index in [4.69, 9.17) is 5.73 Å². The molecule has 0 bridgehead atoms. The van der Waals surface area contributed by atoms with Crippen LogP contribution in [0.15, 0.2) is 30.3 Å². The number of nitrogens with one attached hydrogen (secondary N) is 2. The van der Waals surface area contributed by atoms with E-state index in [1.54, 1.807) is 27.8 Å². The van der Waals surface area contributed by atoms with Crippen LogP contribution in [0.5, 0.6) is 0 Å². The Hall–Kier alpha value is -1.88. The van der Waals surface area contributed by atoms with Gasteiger partial charge in [-0.1, -0.05) is 37.3 Å². The van der Waals surface area contributed by atoms with Crippen LogP contribution in [0.4, 0.5) is 0 Å². The van der Waals surface area contributed by atoms with Crippen molar-refractivity contribution in [2.24, 2.45) is 17.1 Å². The standard InChI is InChI=1S/C16H25N3O2/c1-11(13(17)12-8-6-5-7-9-12)14(20)19-10-16(2,3)15(21)18-4/h5-9,11,13H,10,17H2,1-4H3,(H,18,21)(H,19,20). The Bertz CT molecular complexity index is 486. The van der Waals surface area contributed by atoms with E-state index in [0.717, 1.165) is 5.56 Å². The molecule has 21 heavy (non-hydrogen) atoms. The molecular formula is C16H25N3O2. The van der Waals surface area contributed by atoms with Crippen LogP contribution in [0.1, 0.15) is 32.4 Å². The lowest BCUT2D eigenvalue weighted by molar-refractivity contribution is -0.130. The summed E-state index contributed by atoms with van der Waals surface area (Å²) in [5.74, 6) is -0.626. The minimum atomic E-state index is -0.652. The second-order valence-electron chi connectivity index (χ2n) is 5.91. The second-order valence-corrected chi connectivity index (χ2v) is 5.91. The lowest BCUT2D eigenvalue weighted by atomic mass is 9.91. The Morgan fingerprint density at radius 1 is 1.24 bits per heavy atom. The van der Waals surface area contributed by atoms with Gasteiger partial charge in [-0.05, 0) is 19.4 Å². The summed E-state index contributed by atoms with van der Waals surface area (Å²) in [6.07, 6.45) is 0. The summed E-state index contributed by atoms with van der Waals surface area (Å²) < 4.78 is 0. The molecule has 4 N–H and O–H groups in total. The molecule has 2 unspecified atom stereocenters. The number of carbonyl (C=O) groups is 2. The highest BCUT2D eigenvalue weighted by molar-refractivity contribution is 5.84. The number of carbonyl (C=O) groups excluding carboxylic acids is 2. The molecule has 0 aliphatic heterocycles. The van der Waals surface area contributed by atoms with Gasteiger partial charge in [0.15, 0.2) is 0 Å². The molecule has 0 aromatic heterocycles. The quantitative estimate of drug-likeness (QED) is 0.736. The molecule has 0 saturated heterocycles. The summed E-state index contributed by atoms with van der Waals surface area (Å²) in [6, 6.07) is 9.15. The molecule has 5 nitrogen and oxygen atoms in total. The van der Waals surface area contributed by atoms with Crippen molar-refractivity contribution < 1.29 is 9.59 Å². The van der Waals surface area contributed by atoms with E-state index in [0.29, 0.717) is 0 Å². The highest BCUT2D eigenvalue weighted by Crippen LogP contribution is 2.20. The molecule has 2 atom stereocenters. The van der Waals surface area contributed by atoms with E-state index in [2.05, 4.69) is 10.6 Å². The van der Waals surface area contributed by atoms with E-state index >= 15 is 0 Å². The first-order valence-corrected chi connectivity index (χ1v) is 7.10. The zero-order chi connectivity index (χ0) is 16.0. The molecular weight excluding hydrogens is 266 g/mol. The zero-order valence-corrected chi connectivity index (χ0v) is 13.1. The molecule has 0 radical (unpaired) electrons. The zero-order valence-electron chi connectivity index (χ0n) is 13.1. The number of hydrogen-bond donors (Lipinski definition) is 3. The third kappa shape index (κ3) is 4.56. The lowest BCUT2D eigenvalue weighted by Crippen LogP contribution is -2.46. The molecule has 5 heteroatoms. The highest BCUT2D eigenvalue weighted by atomic mass is 16.2. The van der Waals surface area contributed by atoms with Crippen molar-refractivity contribution in [1.29, 1.82) is 0 Å². The smallest absolute Gasteiger partial charge is 0.227 e. The molecule has 2 amide bonds. The van der Waals surface area contributed by atoms with Crippen molar-refractivity contribution in [3.8, 4) is 0 Å². The van der Waals surface area contributed by atoms with Crippen LogP contribution in [0, 0.1) is 11.3 Å². The molecule has 0 spiro atoms. The van der Waals surface area contributed by atoms with Crippen molar-refractivity contribution >= 4 is 11.8 Å². The number of hydrogen-bond acceptors (Lipinski definition) is 3. The van der Waals surface area contributed by atoms with Gasteiger partial charge in [0.2, 0.25) is 11.8 Å². The fraction of sp³-hybridized carbons (Fsp3) is 0.500. The molecule has 1 aromatic rings. The highest BCUT2D eigenvalue weighted by Gasteiger charge is 2.29. The Balaban J connectivity index is 2.61. The first kappa shape index (κ1) is 17.2. The maximum absolute atomic E-state index is 12.2.